The Morgan fingerprint density at radius 2 is 2.29 bits per heavy atom. The average molecular weight is 211 g/mol. The highest BCUT2D eigenvalue weighted by Crippen LogP contribution is 2.29. The smallest absolute Gasteiger partial charge is 0.229 e. The monoisotopic (exact) mass is 210 g/mol. The number of hydrogen-bond acceptors (Lipinski definition) is 2. The van der Waals surface area contributed by atoms with E-state index in [1.165, 1.54) is 0 Å². The minimum atomic E-state index is -0.0195. The van der Waals surface area contributed by atoms with Crippen LogP contribution in [-0.4, -0.2) is 11.9 Å². The Balaban J connectivity index is 2.00. The summed E-state index contributed by atoms with van der Waals surface area (Å²) in [6.07, 6.45) is 0.784. The summed E-state index contributed by atoms with van der Waals surface area (Å²) in [5.41, 5.74) is 6.29. The maximum atomic E-state index is 11.5. The van der Waals surface area contributed by atoms with Gasteiger partial charge < -0.3 is 11.1 Å². The Morgan fingerprint density at radius 1 is 1.57 bits per heavy atom. The zero-order valence-electron chi connectivity index (χ0n) is 7.53. The van der Waals surface area contributed by atoms with Gasteiger partial charge in [0.2, 0.25) is 5.91 Å². The third-order valence-corrected chi connectivity index (χ3v) is 2.50. The van der Waals surface area contributed by atoms with Gasteiger partial charge in [-0.2, -0.15) is 0 Å². The van der Waals surface area contributed by atoms with E-state index in [1.54, 1.807) is 24.3 Å². The highest BCUT2D eigenvalue weighted by atomic mass is 35.5. The summed E-state index contributed by atoms with van der Waals surface area (Å²) in [5.74, 6) is -0.0336. The van der Waals surface area contributed by atoms with Crippen molar-refractivity contribution in [2.45, 2.75) is 12.5 Å². The van der Waals surface area contributed by atoms with Crippen LogP contribution in [0.4, 0.5) is 5.69 Å². The number of carbonyl (C=O) groups excluding carboxylic acids is 1. The first kappa shape index (κ1) is 9.49. The second-order valence-electron chi connectivity index (χ2n) is 3.51. The summed E-state index contributed by atoms with van der Waals surface area (Å²) in [6.45, 7) is 0. The first-order chi connectivity index (χ1) is 6.66. The molecule has 1 aromatic rings. The fourth-order valence-electron chi connectivity index (χ4n) is 1.32. The molecule has 14 heavy (non-hydrogen) atoms. The van der Waals surface area contributed by atoms with Crippen molar-refractivity contribution in [1.82, 2.24) is 0 Å². The summed E-state index contributed by atoms with van der Waals surface area (Å²) >= 11 is 5.78. The molecule has 1 saturated carbocycles. The van der Waals surface area contributed by atoms with E-state index in [9.17, 15) is 4.79 Å². The summed E-state index contributed by atoms with van der Waals surface area (Å²) in [6, 6.07) is 7.12. The number of nitrogens with two attached hydrogens (primary N) is 1. The number of benzene rings is 1. The topological polar surface area (TPSA) is 55.1 Å². The molecule has 2 unspecified atom stereocenters. The molecule has 3 N–H and O–H groups in total. The molecule has 1 fully saturated rings. The molecule has 1 aliphatic rings. The molecule has 1 aromatic carbocycles. The minimum absolute atomic E-state index is 0.0141. The maximum Gasteiger partial charge on any atom is 0.229 e. The molecule has 0 aromatic heterocycles. The van der Waals surface area contributed by atoms with Gasteiger partial charge in [0.05, 0.1) is 5.92 Å². The van der Waals surface area contributed by atoms with Gasteiger partial charge in [0, 0.05) is 16.8 Å². The van der Waals surface area contributed by atoms with Crippen LogP contribution in [0.5, 0.6) is 0 Å². The minimum Gasteiger partial charge on any atom is -0.327 e. The number of anilines is 1. The van der Waals surface area contributed by atoms with E-state index in [0.717, 1.165) is 12.1 Å². The largest absolute Gasteiger partial charge is 0.327 e. The van der Waals surface area contributed by atoms with E-state index < -0.39 is 0 Å². The second kappa shape index (κ2) is 3.59. The van der Waals surface area contributed by atoms with Gasteiger partial charge in [-0.3, -0.25) is 4.79 Å². The van der Waals surface area contributed by atoms with E-state index in [1.807, 2.05) is 0 Å². The van der Waals surface area contributed by atoms with Crippen LogP contribution < -0.4 is 11.1 Å². The molecule has 0 aliphatic heterocycles. The van der Waals surface area contributed by atoms with Crippen LogP contribution in [0.3, 0.4) is 0 Å². The van der Waals surface area contributed by atoms with Gasteiger partial charge in [0.15, 0.2) is 0 Å². The van der Waals surface area contributed by atoms with Crippen LogP contribution in [0.25, 0.3) is 0 Å². The lowest BCUT2D eigenvalue weighted by molar-refractivity contribution is -0.117. The predicted molar refractivity (Wildman–Crippen MR) is 56.2 cm³/mol. The highest BCUT2D eigenvalue weighted by Gasteiger charge is 2.39. The van der Waals surface area contributed by atoms with E-state index >= 15 is 0 Å². The lowest BCUT2D eigenvalue weighted by atomic mass is 10.3. The average Bonchev–Trinajstić information content (AvgIpc) is 2.82. The SMILES string of the molecule is NC1CC1C(=O)Nc1cccc(Cl)c1. The Kier molecular flexibility index (Phi) is 2.44. The molecule has 0 bridgehead atoms. The summed E-state index contributed by atoms with van der Waals surface area (Å²) in [5, 5.41) is 3.39. The molecule has 1 aliphatic carbocycles. The molecule has 0 spiro atoms. The van der Waals surface area contributed by atoms with E-state index in [2.05, 4.69) is 5.32 Å². The molecule has 0 heterocycles. The molecule has 74 valence electrons. The molecular formula is C10H11ClN2O. The quantitative estimate of drug-likeness (QED) is 0.780. The van der Waals surface area contributed by atoms with Crippen molar-refractivity contribution in [2.75, 3.05) is 5.32 Å². The summed E-state index contributed by atoms with van der Waals surface area (Å²) in [4.78, 5) is 11.5. The molecular weight excluding hydrogens is 200 g/mol. The second-order valence-corrected chi connectivity index (χ2v) is 3.94. The fraction of sp³-hybridized carbons (Fsp3) is 0.300. The van der Waals surface area contributed by atoms with Gasteiger partial charge in [-0.05, 0) is 24.6 Å². The number of carbonyl (C=O) groups is 1. The third-order valence-electron chi connectivity index (χ3n) is 2.27. The zero-order chi connectivity index (χ0) is 10.1. The molecule has 1 amide bonds. The van der Waals surface area contributed by atoms with Gasteiger partial charge >= 0.3 is 0 Å². The lowest BCUT2D eigenvalue weighted by Gasteiger charge is -2.03. The molecule has 3 nitrogen and oxygen atoms in total. The normalized spacial score (nSPS) is 24.4. The van der Waals surface area contributed by atoms with Crippen LogP contribution >= 0.6 is 11.6 Å². The first-order valence-electron chi connectivity index (χ1n) is 4.49. The van der Waals surface area contributed by atoms with E-state index in [-0.39, 0.29) is 17.9 Å². The van der Waals surface area contributed by atoms with Crippen molar-refractivity contribution in [2.24, 2.45) is 11.7 Å². The predicted octanol–water partition coefficient (Wildman–Crippen LogP) is 1.63. The number of hydrogen-bond donors (Lipinski definition) is 2. The lowest BCUT2D eigenvalue weighted by Crippen LogP contribution is -2.18. The number of amides is 1. The Hall–Kier alpha value is -1.06. The van der Waals surface area contributed by atoms with E-state index in [0.29, 0.717) is 5.02 Å². The van der Waals surface area contributed by atoms with Gasteiger partial charge in [0.1, 0.15) is 0 Å². The van der Waals surface area contributed by atoms with Crippen molar-refractivity contribution >= 4 is 23.2 Å². The molecule has 4 heteroatoms. The van der Waals surface area contributed by atoms with Crippen molar-refractivity contribution in [3.05, 3.63) is 29.3 Å². The molecule has 0 saturated heterocycles. The van der Waals surface area contributed by atoms with Crippen LogP contribution in [0.15, 0.2) is 24.3 Å². The van der Waals surface area contributed by atoms with Crippen LogP contribution in [-0.2, 0) is 4.79 Å². The van der Waals surface area contributed by atoms with Crippen molar-refractivity contribution in [3.8, 4) is 0 Å². The Morgan fingerprint density at radius 3 is 2.86 bits per heavy atom. The highest BCUT2D eigenvalue weighted by molar-refractivity contribution is 6.30. The number of nitrogens with one attached hydrogen (secondary N) is 1. The van der Waals surface area contributed by atoms with Crippen molar-refractivity contribution in [1.29, 1.82) is 0 Å². The molecule has 2 rings (SSSR count). The zero-order valence-corrected chi connectivity index (χ0v) is 8.29. The van der Waals surface area contributed by atoms with Gasteiger partial charge in [0.25, 0.3) is 0 Å². The van der Waals surface area contributed by atoms with Gasteiger partial charge in [-0.1, -0.05) is 17.7 Å². The molecule has 0 radical (unpaired) electrons. The van der Waals surface area contributed by atoms with Crippen LogP contribution in [0.2, 0.25) is 5.02 Å². The number of rotatable bonds is 2. The van der Waals surface area contributed by atoms with Crippen LogP contribution in [0, 0.1) is 5.92 Å². The van der Waals surface area contributed by atoms with Crippen molar-refractivity contribution in [3.63, 3.8) is 0 Å². The molecule has 2 atom stereocenters. The summed E-state index contributed by atoms with van der Waals surface area (Å²) in [7, 11) is 0. The summed E-state index contributed by atoms with van der Waals surface area (Å²) < 4.78 is 0. The standard InChI is InChI=1S/C10H11ClN2O/c11-6-2-1-3-7(4-6)13-10(14)8-5-9(8)12/h1-4,8-9H,5,12H2,(H,13,14). The van der Waals surface area contributed by atoms with Gasteiger partial charge in [-0.15, -0.1) is 0 Å². The van der Waals surface area contributed by atoms with Gasteiger partial charge in [-0.25, -0.2) is 0 Å². The Bertz CT molecular complexity index is 367. The third kappa shape index (κ3) is 2.05. The maximum absolute atomic E-state index is 11.5. The van der Waals surface area contributed by atoms with Crippen LogP contribution in [0.1, 0.15) is 6.42 Å². The fourth-order valence-corrected chi connectivity index (χ4v) is 1.51. The van der Waals surface area contributed by atoms with Crippen molar-refractivity contribution < 1.29 is 4.79 Å². The number of halogens is 1. The van der Waals surface area contributed by atoms with E-state index in [4.69, 9.17) is 17.3 Å². The first-order valence-corrected chi connectivity index (χ1v) is 4.86. The Labute approximate surface area is 87.2 Å².